The van der Waals surface area contributed by atoms with Gasteiger partial charge in [0.1, 0.15) is 12.3 Å². The molecule has 0 aliphatic carbocycles. The van der Waals surface area contributed by atoms with Crippen molar-refractivity contribution < 1.29 is 9.53 Å². The molecule has 4 rings (SSSR count). The SMILES string of the molecule is O=C(/C=C(/c1ccccc1)N1CCCC1)OCc1cn(Cc2ccccc2)nn1. The summed E-state index contributed by atoms with van der Waals surface area (Å²) in [7, 11) is 0. The molecule has 0 radical (unpaired) electrons. The zero-order valence-electron chi connectivity index (χ0n) is 16.3. The summed E-state index contributed by atoms with van der Waals surface area (Å²) in [5.41, 5.74) is 3.72. The van der Waals surface area contributed by atoms with Crippen molar-refractivity contribution in [1.29, 1.82) is 0 Å². The third kappa shape index (κ3) is 5.10. The van der Waals surface area contributed by atoms with Crippen LogP contribution in [0.5, 0.6) is 0 Å². The second kappa shape index (κ2) is 9.19. The molecule has 1 aliphatic rings. The third-order valence-electron chi connectivity index (χ3n) is 4.91. The molecule has 0 atom stereocenters. The Morgan fingerprint density at radius 2 is 1.69 bits per heavy atom. The maximum Gasteiger partial charge on any atom is 0.333 e. The van der Waals surface area contributed by atoms with Crippen molar-refractivity contribution in [2.45, 2.75) is 26.0 Å². The molecule has 1 aliphatic heterocycles. The number of likely N-dealkylation sites (tertiary alicyclic amines) is 1. The van der Waals surface area contributed by atoms with Crippen molar-refractivity contribution in [1.82, 2.24) is 19.9 Å². The molecule has 1 fully saturated rings. The minimum atomic E-state index is -0.367. The first-order chi connectivity index (χ1) is 14.3. The summed E-state index contributed by atoms with van der Waals surface area (Å²) in [5, 5.41) is 8.22. The minimum absolute atomic E-state index is 0.103. The Hall–Kier alpha value is -3.41. The number of hydrogen-bond acceptors (Lipinski definition) is 5. The molecule has 1 aromatic heterocycles. The van der Waals surface area contributed by atoms with Gasteiger partial charge in [-0.1, -0.05) is 65.9 Å². The van der Waals surface area contributed by atoms with E-state index in [0.717, 1.165) is 42.8 Å². The van der Waals surface area contributed by atoms with Crippen LogP contribution in [0.4, 0.5) is 0 Å². The highest BCUT2D eigenvalue weighted by molar-refractivity contribution is 5.91. The summed E-state index contributed by atoms with van der Waals surface area (Å²) in [6.45, 7) is 2.66. The van der Waals surface area contributed by atoms with Crippen molar-refractivity contribution >= 4 is 11.7 Å². The number of rotatable bonds is 7. The third-order valence-corrected chi connectivity index (χ3v) is 4.91. The van der Waals surface area contributed by atoms with Gasteiger partial charge in [-0.3, -0.25) is 0 Å². The van der Waals surface area contributed by atoms with Gasteiger partial charge in [-0.2, -0.15) is 0 Å². The van der Waals surface area contributed by atoms with Gasteiger partial charge in [-0.25, -0.2) is 9.48 Å². The fourth-order valence-corrected chi connectivity index (χ4v) is 3.47. The van der Waals surface area contributed by atoms with Gasteiger partial charge in [0.2, 0.25) is 0 Å². The Bertz CT molecular complexity index is 961. The predicted octanol–water partition coefficient (Wildman–Crippen LogP) is 3.51. The van der Waals surface area contributed by atoms with Gasteiger partial charge in [0.15, 0.2) is 0 Å². The van der Waals surface area contributed by atoms with Gasteiger partial charge in [0.25, 0.3) is 0 Å². The standard InChI is InChI=1S/C23H24N4O2/c28-23(15-22(26-13-7-8-14-26)20-11-5-2-6-12-20)29-18-21-17-27(25-24-21)16-19-9-3-1-4-10-19/h1-6,9-12,15,17H,7-8,13-14,16,18H2/b22-15-. The van der Waals surface area contributed by atoms with Crippen molar-refractivity contribution in [3.05, 3.63) is 89.8 Å². The molecule has 0 N–H and O–H groups in total. The Labute approximate surface area is 170 Å². The number of aromatic nitrogens is 3. The van der Waals surface area contributed by atoms with Gasteiger partial charge in [-0.05, 0) is 24.0 Å². The second-order valence-corrected chi connectivity index (χ2v) is 7.09. The summed E-state index contributed by atoms with van der Waals surface area (Å²) in [6.07, 6.45) is 5.69. The van der Waals surface area contributed by atoms with E-state index in [1.807, 2.05) is 66.9 Å². The lowest BCUT2D eigenvalue weighted by molar-refractivity contribution is -0.139. The fraction of sp³-hybridized carbons (Fsp3) is 0.261. The topological polar surface area (TPSA) is 60.2 Å². The molecule has 1 saturated heterocycles. The van der Waals surface area contributed by atoms with Gasteiger partial charge >= 0.3 is 5.97 Å². The van der Waals surface area contributed by atoms with Crippen LogP contribution in [-0.4, -0.2) is 39.0 Å². The molecule has 0 unspecified atom stereocenters. The van der Waals surface area contributed by atoms with Crippen molar-refractivity contribution in [2.24, 2.45) is 0 Å². The molecular formula is C23H24N4O2. The maximum absolute atomic E-state index is 12.5. The Kier molecular flexibility index (Phi) is 6.00. The maximum atomic E-state index is 12.5. The zero-order valence-corrected chi connectivity index (χ0v) is 16.3. The van der Waals surface area contributed by atoms with E-state index in [2.05, 4.69) is 15.2 Å². The zero-order chi connectivity index (χ0) is 19.9. The number of carbonyl (C=O) groups excluding carboxylic acids is 1. The molecule has 0 amide bonds. The molecule has 0 spiro atoms. The first kappa shape index (κ1) is 18.9. The Morgan fingerprint density at radius 3 is 2.41 bits per heavy atom. The van der Waals surface area contributed by atoms with Crippen LogP contribution in [-0.2, 0) is 22.7 Å². The van der Waals surface area contributed by atoms with E-state index in [9.17, 15) is 4.79 Å². The summed E-state index contributed by atoms with van der Waals surface area (Å²) in [4.78, 5) is 14.7. The van der Waals surface area contributed by atoms with Crippen LogP contribution >= 0.6 is 0 Å². The first-order valence-electron chi connectivity index (χ1n) is 9.90. The molecular weight excluding hydrogens is 364 g/mol. The molecule has 29 heavy (non-hydrogen) atoms. The summed E-state index contributed by atoms with van der Waals surface area (Å²) < 4.78 is 7.19. The average Bonchev–Trinajstić information content (AvgIpc) is 3.44. The van der Waals surface area contributed by atoms with Gasteiger partial charge in [0.05, 0.1) is 18.4 Å². The lowest BCUT2D eigenvalue weighted by Gasteiger charge is -2.21. The normalized spacial score (nSPS) is 14.2. The molecule has 0 saturated carbocycles. The van der Waals surface area contributed by atoms with Crippen LogP contribution in [0.3, 0.4) is 0 Å². The number of nitrogens with zero attached hydrogens (tertiary/aromatic N) is 4. The van der Waals surface area contributed by atoms with Crippen molar-refractivity contribution in [3.8, 4) is 0 Å². The van der Waals surface area contributed by atoms with Gasteiger partial charge < -0.3 is 9.64 Å². The van der Waals surface area contributed by atoms with E-state index < -0.39 is 0 Å². The number of ether oxygens (including phenoxy) is 1. The predicted molar refractivity (Wildman–Crippen MR) is 111 cm³/mol. The first-order valence-corrected chi connectivity index (χ1v) is 9.90. The van der Waals surface area contributed by atoms with Crippen LogP contribution in [0.25, 0.3) is 5.70 Å². The number of carbonyl (C=O) groups is 1. The van der Waals surface area contributed by atoms with Crippen LogP contribution in [0.1, 0.15) is 29.7 Å². The molecule has 148 valence electrons. The highest BCUT2D eigenvalue weighted by atomic mass is 16.5. The lowest BCUT2D eigenvalue weighted by atomic mass is 10.1. The number of benzene rings is 2. The van der Waals surface area contributed by atoms with Crippen molar-refractivity contribution in [2.75, 3.05) is 13.1 Å². The lowest BCUT2D eigenvalue weighted by Crippen LogP contribution is -2.19. The van der Waals surface area contributed by atoms with Crippen molar-refractivity contribution in [3.63, 3.8) is 0 Å². The van der Waals surface area contributed by atoms with Crippen LogP contribution in [0.15, 0.2) is 72.9 Å². The largest absolute Gasteiger partial charge is 0.456 e. The molecule has 0 bridgehead atoms. The molecule has 2 aromatic carbocycles. The highest BCUT2D eigenvalue weighted by Gasteiger charge is 2.18. The Balaban J connectivity index is 1.39. The minimum Gasteiger partial charge on any atom is -0.456 e. The van der Waals surface area contributed by atoms with E-state index in [0.29, 0.717) is 12.2 Å². The van der Waals surface area contributed by atoms with Gasteiger partial charge in [-0.15, -0.1) is 5.10 Å². The van der Waals surface area contributed by atoms with E-state index in [4.69, 9.17) is 4.74 Å². The summed E-state index contributed by atoms with van der Waals surface area (Å²) >= 11 is 0. The summed E-state index contributed by atoms with van der Waals surface area (Å²) in [5.74, 6) is -0.367. The monoisotopic (exact) mass is 388 g/mol. The van der Waals surface area contributed by atoms with E-state index in [-0.39, 0.29) is 12.6 Å². The number of esters is 1. The molecule has 2 heterocycles. The average molecular weight is 388 g/mol. The van der Waals surface area contributed by atoms with E-state index in [1.54, 1.807) is 10.8 Å². The van der Waals surface area contributed by atoms with Crippen LogP contribution < -0.4 is 0 Å². The Morgan fingerprint density at radius 1 is 1.00 bits per heavy atom. The van der Waals surface area contributed by atoms with E-state index >= 15 is 0 Å². The second-order valence-electron chi connectivity index (χ2n) is 7.09. The van der Waals surface area contributed by atoms with Crippen LogP contribution in [0, 0.1) is 0 Å². The van der Waals surface area contributed by atoms with Gasteiger partial charge in [0, 0.05) is 19.2 Å². The quantitative estimate of drug-likeness (QED) is 0.458. The van der Waals surface area contributed by atoms with E-state index in [1.165, 1.54) is 0 Å². The number of hydrogen-bond donors (Lipinski definition) is 0. The fourth-order valence-electron chi connectivity index (χ4n) is 3.47. The molecule has 3 aromatic rings. The molecule has 6 heteroatoms. The molecule has 6 nitrogen and oxygen atoms in total. The van der Waals surface area contributed by atoms with Crippen LogP contribution in [0.2, 0.25) is 0 Å². The summed E-state index contributed by atoms with van der Waals surface area (Å²) in [6, 6.07) is 20.0. The smallest absolute Gasteiger partial charge is 0.333 e. The highest BCUT2D eigenvalue weighted by Crippen LogP contribution is 2.24.